The molecule has 0 saturated heterocycles. The number of aliphatic hydroxyl groups excluding tert-OH is 1. The number of nitrogens with one attached hydrogen (secondary N) is 1. The molecule has 0 bridgehead atoms. The van der Waals surface area contributed by atoms with Crippen molar-refractivity contribution in [3.8, 4) is 0 Å². The zero-order valence-corrected chi connectivity index (χ0v) is 10.3. The highest BCUT2D eigenvalue weighted by molar-refractivity contribution is 5.17. The van der Waals surface area contributed by atoms with E-state index in [2.05, 4.69) is 5.32 Å². The molecule has 0 aliphatic carbocycles. The molecule has 1 aromatic rings. The zero-order valence-electron chi connectivity index (χ0n) is 10.3. The molecule has 4 heteroatoms. The smallest absolute Gasteiger partial charge is 0.159 e. The van der Waals surface area contributed by atoms with Crippen LogP contribution >= 0.6 is 0 Å². The lowest BCUT2D eigenvalue weighted by Gasteiger charge is -2.25. The molecule has 0 aromatic heterocycles. The first-order valence-corrected chi connectivity index (χ1v) is 5.76. The van der Waals surface area contributed by atoms with Gasteiger partial charge >= 0.3 is 0 Å². The Morgan fingerprint density at radius 3 is 2.53 bits per heavy atom. The minimum absolute atomic E-state index is 0.105. The van der Waals surface area contributed by atoms with Gasteiger partial charge in [-0.1, -0.05) is 19.9 Å². The van der Waals surface area contributed by atoms with Gasteiger partial charge in [-0.3, -0.25) is 0 Å². The van der Waals surface area contributed by atoms with Crippen LogP contribution in [0, 0.1) is 17.0 Å². The van der Waals surface area contributed by atoms with Crippen molar-refractivity contribution >= 4 is 0 Å². The van der Waals surface area contributed by atoms with E-state index < -0.39 is 11.6 Å². The summed E-state index contributed by atoms with van der Waals surface area (Å²) < 4.78 is 25.6. The lowest BCUT2D eigenvalue weighted by atomic mass is 9.88. The van der Waals surface area contributed by atoms with Crippen molar-refractivity contribution in [3.63, 3.8) is 0 Å². The Bertz CT molecular complexity index is 364. The average Bonchev–Trinajstić information content (AvgIpc) is 2.33. The third kappa shape index (κ3) is 4.06. The molecule has 96 valence electrons. The second kappa shape index (κ2) is 6.07. The van der Waals surface area contributed by atoms with E-state index in [0.29, 0.717) is 18.7 Å². The van der Waals surface area contributed by atoms with E-state index in [4.69, 9.17) is 0 Å². The summed E-state index contributed by atoms with van der Waals surface area (Å²) in [6.07, 6.45) is 0.855. The first kappa shape index (κ1) is 14.1. The van der Waals surface area contributed by atoms with Crippen LogP contribution in [-0.4, -0.2) is 18.3 Å². The summed E-state index contributed by atoms with van der Waals surface area (Å²) in [5.74, 6) is -1.66. The maximum Gasteiger partial charge on any atom is 0.159 e. The summed E-state index contributed by atoms with van der Waals surface area (Å²) in [5, 5.41) is 12.4. The lowest BCUT2D eigenvalue weighted by molar-refractivity contribution is 0.135. The van der Waals surface area contributed by atoms with Crippen molar-refractivity contribution in [2.24, 2.45) is 5.41 Å². The van der Waals surface area contributed by atoms with Crippen LogP contribution in [0.4, 0.5) is 8.78 Å². The maximum absolute atomic E-state index is 12.9. The van der Waals surface area contributed by atoms with Crippen LogP contribution in [0.15, 0.2) is 18.2 Å². The Labute approximate surface area is 101 Å². The lowest BCUT2D eigenvalue weighted by Crippen LogP contribution is -2.34. The van der Waals surface area contributed by atoms with Gasteiger partial charge in [0.1, 0.15) is 0 Å². The summed E-state index contributed by atoms with van der Waals surface area (Å²) in [4.78, 5) is 0. The van der Waals surface area contributed by atoms with E-state index in [-0.39, 0.29) is 12.0 Å². The van der Waals surface area contributed by atoms with E-state index in [1.54, 1.807) is 6.07 Å². The third-order valence-corrected chi connectivity index (χ3v) is 3.10. The van der Waals surface area contributed by atoms with Crippen LogP contribution < -0.4 is 5.32 Å². The van der Waals surface area contributed by atoms with E-state index >= 15 is 0 Å². The standard InChI is InChI=1S/C13H19F2NO/c1-3-13(2,9-17)8-16-7-10-4-5-11(14)12(15)6-10/h4-6,16-17H,3,7-9H2,1-2H3. The number of hydrogen-bond acceptors (Lipinski definition) is 2. The monoisotopic (exact) mass is 243 g/mol. The first-order chi connectivity index (χ1) is 8.00. The molecule has 0 saturated carbocycles. The quantitative estimate of drug-likeness (QED) is 0.804. The zero-order chi connectivity index (χ0) is 12.9. The van der Waals surface area contributed by atoms with Gasteiger partial charge < -0.3 is 10.4 Å². The van der Waals surface area contributed by atoms with Crippen molar-refractivity contribution in [1.82, 2.24) is 5.32 Å². The Morgan fingerprint density at radius 2 is 2.00 bits per heavy atom. The van der Waals surface area contributed by atoms with Crippen molar-refractivity contribution in [3.05, 3.63) is 35.4 Å². The first-order valence-electron chi connectivity index (χ1n) is 5.76. The molecule has 2 nitrogen and oxygen atoms in total. The van der Waals surface area contributed by atoms with Crippen LogP contribution in [0.5, 0.6) is 0 Å². The molecule has 1 atom stereocenters. The van der Waals surface area contributed by atoms with Gasteiger partial charge in [-0.2, -0.15) is 0 Å². The van der Waals surface area contributed by atoms with Gasteiger partial charge in [0.25, 0.3) is 0 Å². The summed E-state index contributed by atoms with van der Waals surface area (Å²) in [6, 6.07) is 3.86. The maximum atomic E-state index is 12.9. The normalized spacial score (nSPS) is 14.6. The molecule has 1 rings (SSSR count). The molecule has 17 heavy (non-hydrogen) atoms. The van der Waals surface area contributed by atoms with Crippen LogP contribution in [0.25, 0.3) is 0 Å². The van der Waals surface area contributed by atoms with Crippen LogP contribution in [0.1, 0.15) is 25.8 Å². The number of benzene rings is 1. The number of aliphatic hydroxyl groups is 1. The second-order valence-electron chi connectivity index (χ2n) is 4.67. The van der Waals surface area contributed by atoms with Gasteiger partial charge in [-0.25, -0.2) is 8.78 Å². The Kier molecular flexibility index (Phi) is 5.02. The van der Waals surface area contributed by atoms with Gasteiger partial charge in [0.15, 0.2) is 11.6 Å². The summed E-state index contributed by atoms with van der Waals surface area (Å²) in [5.41, 5.74) is 0.527. The van der Waals surface area contributed by atoms with E-state index in [9.17, 15) is 13.9 Å². The molecule has 1 unspecified atom stereocenters. The average molecular weight is 243 g/mol. The third-order valence-electron chi connectivity index (χ3n) is 3.10. The van der Waals surface area contributed by atoms with Gasteiger partial charge in [0, 0.05) is 25.1 Å². The molecule has 0 aliphatic rings. The molecule has 0 heterocycles. The molecular weight excluding hydrogens is 224 g/mol. The van der Waals surface area contributed by atoms with Gasteiger partial charge in [0.05, 0.1) is 0 Å². The fraction of sp³-hybridized carbons (Fsp3) is 0.538. The molecule has 0 fully saturated rings. The topological polar surface area (TPSA) is 32.3 Å². The van der Waals surface area contributed by atoms with Gasteiger partial charge in [-0.15, -0.1) is 0 Å². The summed E-state index contributed by atoms with van der Waals surface area (Å²) in [6.45, 7) is 5.20. The number of halogens is 2. The predicted octanol–water partition coefficient (Wildman–Crippen LogP) is 2.46. The molecule has 2 N–H and O–H groups in total. The molecule has 0 radical (unpaired) electrons. The van der Waals surface area contributed by atoms with Gasteiger partial charge in [-0.05, 0) is 24.1 Å². The molecule has 0 aliphatic heterocycles. The molecular formula is C13H19F2NO. The highest BCUT2D eigenvalue weighted by atomic mass is 19.2. The van der Waals surface area contributed by atoms with Crippen LogP contribution in [-0.2, 0) is 6.54 Å². The minimum atomic E-state index is -0.831. The second-order valence-corrected chi connectivity index (χ2v) is 4.67. The largest absolute Gasteiger partial charge is 0.396 e. The molecule has 0 amide bonds. The van der Waals surface area contributed by atoms with Crippen molar-refractivity contribution in [1.29, 1.82) is 0 Å². The predicted molar refractivity (Wildman–Crippen MR) is 63.5 cm³/mol. The SMILES string of the molecule is CCC(C)(CO)CNCc1ccc(F)c(F)c1. The fourth-order valence-corrected chi connectivity index (χ4v) is 1.45. The summed E-state index contributed by atoms with van der Waals surface area (Å²) in [7, 11) is 0. The summed E-state index contributed by atoms with van der Waals surface area (Å²) >= 11 is 0. The Morgan fingerprint density at radius 1 is 1.29 bits per heavy atom. The van der Waals surface area contributed by atoms with Crippen molar-refractivity contribution in [2.45, 2.75) is 26.8 Å². The Balaban J connectivity index is 2.48. The van der Waals surface area contributed by atoms with E-state index in [0.717, 1.165) is 12.5 Å². The number of rotatable bonds is 6. The Hall–Kier alpha value is -1.00. The van der Waals surface area contributed by atoms with E-state index in [1.807, 2.05) is 13.8 Å². The minimum Gasteiger partial charge on any atom is -0.396 e. The van der Waals surface area contributed by atoms with Gasteiger partial charge in [0.2, 0.25) is 0 Å². The highest BCUT2D eigenvalue weighted by Crippen LogP contribution is 2.18. The highest BCUT2D eigenvalue weighted by Gasteiger charge is 2.20. The van der Waals surface area contributed by atoms with Crippen LogP contribution in [0.2, 0.25) is 0 Å². The van der Waals surface area contributed by atoms with E-state index in [1.165, 1.54) is 6.07 Å². The van der Waals surface area contributed by atoms with Crippen molar-refractivity contribution in [2.75, 3.05) is 13.2 Å². The number of hydrogen-bond donors (Lipinski definition) is 2. The fourth-order valence-electron chi connectivity index (χ4n) is 1.45. The van der Waals surface area contributed by atoms with Crippen molar-refractivity contribution < 1.29 is 13.9 Å². The van der Waals surface area contributed by atoms with Crippen LogP contribution in [0.3, 0.4) is 0 Å². The molecule has 0 spiro atoms. The molecule has 1 aromatic carbocycles.